The molecule has 2 heteroatoms. The standard InChI is InChI=1S/C24H17ClO/c25-20-10-12-24-22(15-20)21-14-19(9-11-23(21)26-24)18-8-4-7-17(13-18)16-5-2-1-3-6-16/h1-15,21,23H. The second kappa shape index (κ2) is 6.19. The van der Waals surface area contributed by atoms with Gasteiger partial charge in [0, 0.05) is 16.5 Å². The summed E-state index contributed by atoms with van der Waals surface area (Å²) < 4.78 is 6.05. The van der Waals surface area contributed by atoms with E-state index in [0.29, 0.717) is 0 Å². The Hall–Kier alpha value is -2.77. The van der Waals surface area contributed by atoms with Crippen molar-refractivity contribution in [3.8, 4) is 16.9 Å². The van der Waals surface area contributed by atoms with Crippen molar-refractivity contribution in [2.75, 3.05) is 0 Å². The lowest BCUT2D eigenvalue weighted by molar-refractivity contribution is 0.269. The molecule has 2 unspecified atom stereocenters. The lowest BCUT2D eigenvalue weighted by Gasteiger charge is -2.19. The molecule has 3 aromatic carbocycles. The summed E-state index contributed by atoms with van der Waals surface area (Å²) in [6.07, 6.45) is 6.68. The van der Waals surface area contributed by atoms with Crippen molar-refractivity contribution in [2.45, 2.75) is 12.0 Å². The number of halogens is 1. The van der Waals surface area contributed by atoms with Gasteiger partial charge in [-0.05, 0) is 52.6 Å². The molecule has 0 spiro atoms. The predicted octanol–water partition coefficient (Wildman–Crippen LogP) is 6.51. The predicted molar refractivity (Wildman–Crippen MR) is 108 cm³/mol. The van der Waals surface area contributed by atoms with Crippen molar-refractivity contribution in [1.82, 2.24) is 0 Å². The minimum Gasteiger partial charge on any atom is -0.485 e. The number of hydrogen-bond donors (Lipinski definition) is 0. The van der Waals surface area contributed by atoms with Gasteiger partial charge in [-0.3, -0.25) is 0 Å². The van der Waals surface area contributed by atoms with E-state index in [1.54, 1.807) is 0 Å². The molecule has 126 valence electrons. The fourth-order valence-electron chi connectivity index (χ4n) is 3.78. The van der Waals surface area contributed by atoms with E-state index >= 15 is 0 Å². The molecular weight excluding hydrogens is 340 g/mol. The van der Waals surface area contributed by atoms with Gasteiger partial charge in [-0.15, -0.1) is 0 Å². The van der Waals surface area contributed by atoms with Crippen LogP contribution in [0.15, 0.2) is 91.0 Å². The van der Waals surface area contributed by atoms with Gasteiger partial charge in [-0.25, -0.2) is 0 Å². The van der Waals surface area contributed by atoms with E-state index in [-0.39, 0.29) is 12.0 Å². The molecule has 1 heterocycles. The average Bonchev–Trinajstić information content (AvgIpc) is 3.06. The molecule has 0 N–H and O–H groups in total. The molecule has 2 aliphatic rings. The Kier molecular flexibility index (Phi) is 3.69. The zero-order valence-corrected chi connectivity index (χ0v) is 14.9. The molecular formula is C24H17ClO. The Labute approximate surface area is 158 Å². The SMILES string of the molecule is Clc1ccc2c(c1)C1C=C(c3cccc(-c4ccccc4)c3)C=CC1O2. The highest BCUT2D eigenvalue weighted by atomic mass is 35.5. The maximum absolute atomic E-state index is 6.20. The highest BCUT2D eigenvalue weighted by molar-refractivity contribution is 6.30. The highest BCUT2D eigenvalue weighted by Crippen LogP contribution is 2.44. The molecule has 3 aromatic rings. The molecule has 0 saturated carbocycles. The van der Waals surface area contributed by atoms with E-state index in [9.17, 15) is 0 Å². The van der Waals surface area contributed by atoms with E-state index in [0.717, 1.165) is 10.8 Å². The highest BCUT2D eigenvalue weighted by Gasteiger charge is 2.33. The molecule has 0 fully saturated rings. The fraction of sp³-hybridized carbons (Fsp3) is 0.0833. The molecule has 0 radical (unpaired) electrons. The van der Waals surface area contributed by atoms with Crippen molar-refractivity contribution in [1.29, 1.82) is 0 Å². The first-order chi connectivity index (χ1) is 12.8. The average molecular weight is 357 g/mol. The van der Waals surface area contributed by atoms with E-state index in [2.05, 4.69) is 66.8 Å². The maximum Gasteiger partial charge on any atom is 0.128 e. The Balaban J connectivity index is 1.54. The summed E-state index contributed by atoms with van der Waals surface area (Å²) >= 11 is 6.20. The second-order valence-electron chi connectivity index (χ2n) is 6.72. The molecule has 2 atom stereocenters. The monoisotopic (exact) mass is 356 g/mol. The van der Waals surface area contributed by atoms with E-state index in [4.69, 9.17) is 16.3 Å². The molecule has 0 bridgehead atoms. The van der Waals surface area contributed by atoms with Gasteiger partial charge in [-0.1, -0.05) is 72.3 Å². The minimum absolute atomic E-state index is 0.0597. The molecule has 0 amide bonds. The third kappa shape index (κ3) is 2.65. The normalized spacial score (nSPS) is 20.1. The maximum atomic E-state index is 6.20. The Bertz CT molecular complexity index is 1030. The van der Waals surface area contributed by atoms with Crippen molar-refractivity contribution < 1.29 is 4.74 Å². The van der Waals surface area contributed by atoms with Crippen LogP contribution in [0.25, 0.3) is 16.7 Å². The summed E-state index contributed by atoms with van der Waals surface area (Å²) in [6.45, 7) is 0. The van der Waals surface area contributed by atoms with Gasteiger partial charge in [0.15, 0.2) is 0 Å². The first kappa shape index (κ1) is 15.5. The number of hydrogen-bond acceptors (Lipinski definition) is 1. The molecule has 1 nitrogen and oxygen atoms in total. The zero-order valence-electron chi connectivity index (χ0n) is 14.1. The smallest absolute Gasteiger partial charge is 0.128 e. The van der Waals surface area contributed by atoms with Gasteiger partial charge in [0.2, 0.25) is 0 Å². The van der Waals surface area contributed by atoms with Crippen LogP contribution in [0.1, 0.15) is 17.0 Å². The number of benzene rings is 3. The summed E-state index contributed by atoms with van der Waals surface area (Å²) in [5.41, 5.74) is 6.07. The molecule has 26 heavy (non-hydrogen) atoms. The van der Waals surface area contributed by atoms with Crippen molar-refractivity contribution in [3.05, 3.63) is 107 Å². The summed E-state index contributed by atoms with van der Waals surface area (Å²) in [5, 5.41) is 0.753. The lowest BCUT2D eigenvalue weighted by atomic mass is 9.86. The van der Waals surface area contributed by atoms with Crippen LogP contribution in [0.4, 0.5) is 0 Å². The van der Waals surface area contributed by atoms with Crippen LogP contribution in [0, 0.1) is 0 Å². The third-order valence-electron chi connectivity index (χ3n) is 5.08. The van der Waals surface area contributed by atoms with Crippen LogP contribution in [0.5, 0.6) is 5.75 Å². The van der Waals surface area contributed by atoms with Gasteiger partial charge in [-0.2, -0.15) is 0 Å². The van der Waals surface area contributed by atoms with Crippen molar-refractivity contribution >= 4 is 17.2 Å². The summed E-state index contributed by atoms with van der Waals surface area (Å²) in [7, 11) is 0. The number of rotatable bonds is 2. The van der Waals surface area contributed by atoms with Crippen LogP contribution in [-0.4, -0.2) is 6.10 Å². The van der Waals surface area contributed by atoms with Crippen LogP contribution < -0.4 is 4.74 Å². The number of allylic oxidation sites excluding steroid dienone is 2. The molecule has 1 aliphatic heterocycles. The van der Waals surface area contributed by atoms with Gasteiger partial charge in [0.25, 0.3) is 0 Å². The largest absolute Gasteiger partial charge is 0.485 e. The molecule has 0 saturated heterocycles. The van der Waals surface area contributed by atoms with E-state index in [1.165, 1.54) is 27.8 Å². The molecule has 5 rings (SSSR count). The summed E-state index contributed by atoms with van der Waals surface area (Å²) in [6, 6.07) is 25.0. The zero-order chi connectivity index (χ0) is 17.5. The van der Waals surface area contributed by atoms with E-state index in [1.807, 2.05) is 24.3 Å². The Morgan fingerprint density at radius 1 is 0.769 bits per heavy atom. The van der Waals surface area contributed by atoms with E-state index < -0.39 is 0 Å². The van der Waals surface area contributed by atoms with Crippen LogP contribution >= 0.6 is 11.6 Å². The summed E-state index contributed by atoms with van der Waals surface area (Å²) in [5.74, 6) is 1.15. The van der Waals surface area contributed by atoms with Crippen LogP contribution in [0.2, 0.25) is 5.02 Å². The Morgan fingerprint density at radius 2 is 1.58 bits per heavy atom. The second-order valence-corrected chi connectivity index (χ2v) is 7.15. The first-order valence-electron chi connectivity index (χ1n) is 8.80. The van der Waals surface area contributed by atoms with Gasteiger partial charge >= 0.3 is 0 Å². The fourth-order valence-corrected chi connectivity index (χ4v) is 3.96. The molecule has 0 aromatic heterocycles. The minimum atomic E-state index is 0.0597. The van der Waals surface area contributed by atoms with Gasteiger partial charge < -0.3 is 4.74 Å². The topological polar surface area (TPSA) is 9.23 Å². The Morgan fingerprint density at radius 3 is 2.46 bits per heavy atom. The lowest BCUT2D eigenvalue weighted by Crippen LogP contribution is -2.16. The quantitative estimate of drug-likeness (QED) is 0.509. The van der Waals surface area contributed by atoms with Crippen molar-refractivity contribution in [2.24, 2.45) is 0 Å². The molecule has 1 aliphatic carbocycles. The van der Waals surface area contributed by atoms with Crippen LogP contribution in [-0.2, 0) is 0 Å². The number of ether oxygens (including phenoxy) is 1. The van der Waals surface area contributed by atoms with Gasteiger partial charge in [0.1, 0.15) is 11.9 Å². The summed E-state index contributed by atoms with van der Waals surface area (Å²) in [4.78, 5) is 0. The van der Waals surface area contributed by atoms with Crippen LogP contribution in [0.3, 0.4) is 0 Å². The first-order valence-corrected chi connectivity index (χ1v) is 9.18. The van der Waals surface area contributed by atoms with Crippen molar-refractivity contribution in [3.63, 3.8) is 0 Å². The van der Waals surface area contributed by atoms with Gasteiger partial charge in [0.05, 0.1) is 0 Å². The number of fused-ring (bicyclic) bond motifs is 3. The third-order valence-corrected chi connectivity index (χ3v) is 5.31.